The number of rotatable bonds is 3. The molecule has 0 aromatic carbocycles. The highest BCUT2D eigenvalue weighted by Gasteiger charge is 2.23. The van der Waals surface area contributed by atoms with Gasteiger partial charge in [-0.05, 0) is 37.3 Å². The topological polar surface area (TPSA) is 9.23 Å². The van der Waals surface area contributed by atoms with E-state index in [9.17, 15) is 0 Å². The molecule has 0 heterocycles. The summed E-state index contributed by atoms with van der Waals surface area (Å²) < 4.78 is 4.83. The first kappa shape index (κ1) is 7.39. The Kier molecular flexibility index (Phi) is 2.55. The summed E-state index contributed by atoms with van der Waals surface area (Å²) in [5.41, 5.74) is 1.42. The lowest BCUT2D eigenvalue weighted by Crippen LogP contribution is -1.79. The maximum absolute atomic E-state index is 4.83. The van der Waals surface area contributed by atoms with E-state index in [-0.39, 0.29) is 0 Å². The molecule has 0 aromatic rings. The molecule has 0 spiro atoms. The molecule has 0 bridgehead atoms. The molecule has 0 N–H and O–H groups in total. The normalized spacial score (nSPS) is 20.0. The molecule has 0 atom stereocenters. The number of allylic oxidation sites excluding steroid dienone is 3. The first-order chi connectivity index (χ1) is 4.88. The van der Waals surface area contributed by atoms with Crippen LogP contribution in [-0.4, -0.2) is 7.11 Å². The second kappa shape index (κ2) is 3.45. The molecule has 1 fully saturated rings. The van der Waals surface area contributed by atoms with Crippen molar-refractivity contribution in [2.45, 2.75) is 19.8 Å². The van der Waals surface area contributed by atoms with Gasteiger partial charge < -0.3 is 4.74 Å². The van der Waals surface area contributed by atoms with Crippen molar-refractivity contribution in [1.29, 1.82) is 0 Å². The lowest BCUT2D eigenvalue weighted by atomic mass is 10.1. The highest BCUT2D eigenvalue weighted by molar-refractivity contribution is 5.23. The van der Waals surface area contributed by atoms with Crippen LogP contribution in [0.2, 0.25) is 0 Å². The minimum Gasteiger partial charge on any atom is -0.504 e. The van der Waals surface area contributed by atoms with E-state index in [1.807, 2.05) is 0 Å². The Labute approximate surface area is 62.4 Å². The highest BCUT2D eigenvalue weighted by Crippen LogP contribution is 2.36. The summed E-state index contributed by atoms with van der Waals surface area (Å²) in [7, 11) is 1.68. The van der Waals surface area contributed by atoms with Crippen LogP contribution >= 0.6 is 0 Å². The lowest BCUT2D eigenvalue weighted by Gasteiger charge is -1.94. The average Bonchev–Trinajstić information content (AvgIpc) is 2.73. The third kappa shape index (κ3) is 1.90. The van der Waals surface area contributed by atoms with Gasteiger partial charge in [0.1, 0.15) is 0 Å². The van der Waals surface area contributed by atoms with E-state index in [4.69, 9.17) is 4.74 Å². The third-order valence-corrected chi connectivity index (χ3v) is 1.78. The molecule has 1 saturated carbocycles. The summed E-state index contributed by atoms with van der Waals surface area (Å²) in [6.45, 7) is 2.08. The van der Waals surface area contributed by atoms with Gasteiger partial charge in [0.05, 0.1) is 13.4 Å². The van der Waals surface area contributed by atoms with Crippen LogP contribution in [0.4, 0.5) is 0 Å². The number of ether oxygens (including phenoxy) is 1. The van der Waals surface area contributed by atoms with Crippen molar-refractivity contribution in [3.63, 3.8) is 0 Å². The largest absolute Gasteiger partial charge is 0.504 e. The lowest BCUT2D eigenvalue weighted by molar-refractivity contribution is 0.337. The first-order valence-corrected chi connectivity index (χ1v) is 3.74. The van der Waals surface area contributed by atoms with Crippen LogP contribution in [-0.2, 0) is 4.74 Å². The van der Waals surface area contributed by atoms with E-state index in [1.165, 1.54) is 18.4 Å². The monoisotopic (exact) mass is 138 g/mol. The van der Waals surface area contributed by atoms with Gasteiger partial charge in [0.2, 0.25) is 0 Å². The summed E-state index contributed by atoms with van der Waals surface area (Å²) in [4.78, 5) is 0. The van der Waals surface area contributed by atoms with Crippen molar-refractivity contribution in [2.24, 2.45) is 5.92 Å². The van der Waals surface area contributed by atoms with E-state index >= 15 is 0 Å². The molecule has 1 aliphatic carbocycles. The number of hydrogen-bond donors (Lipinski definition) is 0. The molecule has 1 nitrogen and oxygen atoms in total. The Balaban J connectivity index is 2.41. The highest BCUT2D eigenvalue weighted by atomic mass is 16.5. The quantitative estimate of drug-likeness (QED) is 0.430. The maximum atomic E-state index is 4.83. The fourth-order valence-corrected chi connectivity index (χ4v) is 1.03. The number of hydrogen-bond acceptors (Lipinski definition) is 1. The van der Waals surface area contributed by atoms with Crippen LogP contribution in [0.3, 0.4) is 0 Å². The van der Waals surface area contributed by atoms with Gasteiger partial charge in [-0.2, -0.15) is 0 Å². The third-order valence-electron chi connectivity index (χ3n) is 1.78. The average molecular weight is 138 g/mol. The van der Waals surface area contributed by atoms with Gasteiger partial charge in [-0.15, -0.1) is 0 Å². The number of methoxy groups -OCH3 is 1. The van der Waals surface area contributed by atoms with Gasteiger partial charge in [-0.3, -0.25) is 0 Å². The zero-order chi connectivity index (χ0) is 7.40. The van der Waals surface area contributed by atoms with Gasteiger partial charge in [-0.25, -0.2) is 0 Å². The van der Waals surface area contributed by atoms with Crippen LogP contribution in [0.1, 0.15) is 19.8 Å². The van der Waals surface area contributed by atoms with Crippen LogP contribution in [0.5, 0.6) is 0 Å². The van der Waals surface area contributed by atoms with Crippen molar-refractivity contribution in [3.8, 4) is 0 Å². The fourth-order valence-electron chi connectivity index (χ4n) is 1.03. The fraction of sp³-hybridized carbons (Fsp3) is 0.556. The molecule has 1 heteroatoms. The minimum atomic E-state index is 0.830. The predicted molar refractivity (Wildman–Crippen MR) is 42.6 cm³/mol. The van der Waals surface area contributed by atoms with Gasteiger partial charge in [0.25, 0.3) is 0 Å². The zero-order valence-electron chi connectivity index (χ0n) is 6.63. The van der Waals surface area contributed by atoms with Crippen LogP contribution < -0.4 is 0 Å². The summed E-state index contributed by atoms with van der Waals surface area (Å²) >= 11 is 0. The predicted octanol–water partition coefficient (Wildman–Crippen LogP) is 2.50. The van der Waals surface area contributed by atoms with E-state index in [0.717, 1.165) is 5.92 Å². The summed E-state index contributed by atoms with van der Waals surface area (Å²) in [6.07, 6.45) is 8.67. The molecule has 0 radical (unpaired) electrons. The molecule has 0 saturated heterocycles. The Morgan fingerprint density at radius 1 is 1.50 bits per heavy atom. The minimum absolute atomic E-state index is 0.830. The molecule has 0 aromatic heterocycles. The second-order valence-electron chi connectivity index (χ2n) is 2.60. The van der Waals surface area contributed by atoms with Gasteiger partial charge in [0.15, 0.2) is 0 Å². The molecular formula is C9H14O. The van der Waals surface area contributed by atoms with Gasteiger partial charge >= 0.3 is 0 Å². The van der Waals surface area contributed by atoms with Crippen molar-refractivity contribution in [1.82, 2.24) is 0 Å². The van der Waals surface area contributed by atoms with E-state index < -0.39 is 0 Å². The molecule has 0 unspecified atom stereocenters. The SMILES string of the molecule is CC=C(C=COC)C1CC1. The summed E-state index contributed by atoms with van der Waals surface area (Å²) in [5.74, 6) is 0.830. The van der Waals surface area contributed by atoms with Crippen LogP contribution in [0.25, 0.3) is 0 Å². The first-order valence-electron chi connectivity index (χ1n) is 3.74. The maximum Gasteiger partial charge on any atom is 0.0827 e. The van der Waals surface area contributed by atoms with Gasteiger partial charge in [0, 0.05) is 0 Å². The van der Waals surface area contributed by atoms with Crippen LogP contribution in [0, 0.1) is 5.92 Å². The smallest absolute Gasteiger partial charge is 0.0827 e. The van der Waals surface area contributed by atoms with Crippen molar-refractivity contribution < 1.29 is 4.74 Å². The standard InChI is InChI=1S/C9H14O/c1-3-8(6-7-10-2)9-4-5-9/h3,6-7,9H,4-5H2,1-2H3. The zero-order valence-corrected chi connectivity index (χ0v) is 6.63. The van der Waals surface area contributed by atoms with E-state index in [1.54, 1.807) is 13.4 Å². The van der Waals surface area contributed by atoms with Crippen molar-refractivity contribution in [2.75, 3.05) is 7.11 Å². The molecular weight excluding hydrogens is 124 g/mol. The molecule has 1 aliphatic rings. The second-order valence-corrected chi connectivity index (χ2v) is 2.60. The Morgan fingerprint density at radius 3 is 2.60 bits per heavy atom. The van der Waals surface area contributed by atoms with E-state index in [0.29, 0.717) is 0 Å². The molecule has 1 rings (SSSR count). The Bertz CT molecular complexity index is 152. The molecule has 0 aliphatic heterocycles. The van der Waals surface area contributed by atoms with E-state index in [2.05, 4.69) is 19.1 Å². The molecule has 10 heavy (non-hydrogen) atoms. The summed E-state index contributed by atoms with van der Waals surface area (Å²) in [5, 5.41) is 0. The Morgan fingerprint density at radius 2 is 2.20 bits per heavy atom. The van der Waals surface area contributed by atoms with Crippen molar-refractivity contribution >= 4 is 0 Å². The van der Waals surface area contributed by atoms with Crippen LogP contribution in [0.15, 0.2) is 24.0 Å². The van der Waals surface area contributed by atoms with Gasteiger partial charge in [-0.1, -0.05) is 6.08 Å². The summed E-state index contributed by atoms with van der Waals surface area (Å²) in [6, 6.07) is 0. The molecule has 56 valence electrons. The molecule has 0 amide bonds. The Hall–Kier alpha value is -0.720. The van der Waals surface area contributed by atoms with Crippen molar-refractivity contribution in [3.05, 3.63) is 24.0 Å².